The molecule has 0 radical (unpaired) electrons. The number of nitrogens with zero attached hydrogens (tertiary/aromatic N) is 1. The Hall–Kier alpha value is -0.450. The highest BCUT2D eigenvalue weighted by Crippen LogP contribution is 2.25. The van der Waals surface area contributed by atoms with Gasteiger partial charge in [-0.3, -0.25) is 4.98 Å². The Balaban J connectivity index is 2.06. The topological polar surface area (TPSA) is 42.4 Å². The second-order valence-electron chi connectivity index (χ2n) is 4.02. The third-order valence-electron chi connectivity index (χ3n) is 2.72. The van der Waals surface area contributed by atoms with Crippen molar-refractivity contribution in [2.24, 2.45) is 0 Å². The number of aromatic nitrogens is 1. The Bertz CT molecular complexity index is 337. The fraction of sp³-hybridized carbons (Fsp3) is 0.545. The van der Waals surface area contributed by atoms with E-state index in [1.54, 1.807) is 12.4 Å². The van der Waals surface area contributed by atoms with Crippen LogP contribution in [0, 0.1) is 0 Å². The summed E-state index contributed by atoms with van der Waals surface area (Å²) in [5, 5.41) is 10.3. The van der Waals surface area contributed by atoms with Crippen molar-refractivity contribution in [2.45, 2.75) is 24.9 Å². The third-order valence-corrected chi connectivity index (χ3v) is 3.15. The molecule has 1 saturated heterocycles. The van der Waals surface area contributed by atoms with Gasteiger partial charge >= 0.3 is 0 Å². The Morgan fingerprint density at radius 3 is 2.80 bits per heavy atom. The van der Waals surface area contributed by atoms with E-state index < -0.39 is 5.60 Å². The summed E-state index contributed by atoms with van der Waals surface area (Å²) in [5.74, 6) is 0. The van der Waals surface area contributed by atoms with E-state index in [1.807, 2.05) is 6.07 Å². The summed E-state index contributed by atoms with van der Waals surface area (Å²) >= 11 is 3.38. The highest BCUT2D eigenvalue weighted by atomic mass is 79.9. The van der Waals surface area contributed by atoms with E-state index in [0.717, 1.165) is 10.0 Å². The minimum Gasteiger partial charge on any atom is -0.389 e. The molecule has 1 N–H and O–H groups in total. The van der Waals surface area contributed by atoms with Crippen LogP contribution >= 0.6 is 15.9 Å². The van der Waals surface area contributed by atoms with Crippen LogP contribution in [0.1, 0.15) is 18.4 Å². The van der Waals surface area contributed by atoms with E-state index in [0.29, 0.717) is 32.5 Å². The van der Waals surface area contributed by atoms with Gasteiger partial charge in [-0.2, -0.15) is 0 Å². The predicted octanol–water partition coefficient (Wildman–Crippen LogP) is 1.93. The second-order valence-corrected chi connectivity index (χ2v) is 4.94. The van der Waals surface area contributed by atoms with Crippen LogP contribution in [-0.2, 0) is 11.2 Å². The molecule has 0 bridgehead atoms. The first-order valence-electron chi connectivity index (χ1n) is 5.08. The van der Waals surface area contributed by atoms with Crippen LogP contribution in [0.15, 0.2) is 22.9 Å². The van der Waals surface area contributed by atoms with Crippen molar-refractivity contribution in [3.63, 3.8) is 0 Å². The van der Waals surface area contributed by atoms with Crippen LogP contribution in [0.25, 0.3) is 0 Å². The molecule has 1 aromatic rings. The molecule has 2 rings (SSSR count). The van der Waals surface area contributed by atoms with Crippen molar-refractivity contribution in [1.29, 1.82) is 0 Å². The van der Waals surface area contributed by atoms with Crippen LogP contribution in [0.5, 0.6) is 0 Å². The van der Waals surface area contributed by atoms with Gasteiger partial charge in [0.2, 0.25) is 0 Å². The highest BCUT2D eigenvalue weighted by molar-refractivity contribution is 9.10. The van der Waals surface area contributed by atoms with Gasteiger partial charge in [0.1, 0.15) is 0 Å². The summed E-state index contributed by atoms with van der Waals surface area (Å²) in [6.45, 7) is 1.30. The zero-order chi connectivity index (χ0) is 10.7. The minimum atomic E-state index is -0.610. The van der Waals surface area contributed by atoms with Gasteiger partial charge in [0, 0.05) is 36.5 Å². The smallest absolute Gasteiger partial charge is 0.0732 e. The van der Waals surface area contributed by atoms with Gasteiger partial charge in [-0.15, -0.1) is 0 Å². The fourth-order valence-electron chi connectivity index (χ4n) is 1.86. The number of halogens is 1. The van der Waals surface area contributed by atoms with Crippen LogP contribution in [-0.4, -0.2) is 28.9 Å². The predicted molar refractivity (Wildman–Crippen MR) is 60.6 cm³/mol. The molecule has 1 aliphatic heterocycles. The summed E-state index contributed by atoms with van der Waals surface area (Å²) in [5.41, 5.74) is 0.453. The molecule has 0 spiro atoms. The van der Waals surface area contributed by atoms with Gasteiger partial charge in [-0.25, -0.2) is 0 Å². The highest BCUT2D eigenvalue weighted by Gasteiger charge is 2.29. The molecule has 4 heteroatoms. The fourth-order valence-corrected chi connectivity index (χ4v) is 2.27. The van der Waals surface area contributed by atoms with E-state index >= 15 is 0 Å². The van der Waals surface area contributed by atoms with Crippen molar-refractivity contribution >= 4 is 15.9 Å². The lowest BCUT2D eigenvalue weighted by molar-refractivity contribution is -0.0626. The van der Waals surface area contributed by atoms with Gasteiger partial charge in [-0.05, 0) is 40.4 Å². The Kier molecular flexibility index (Phi) is 3.38. The number of hydrogen-bond acceptors (Lipinski definition) is 3. The second kappa shape index (κ2) is 4.60. The Morgan fingerprint density at radius 2 is 2.13 bits per heavy atom. The van der Waals surface area contributed by atoms with Gasteiger partial charge in [0.05, 0.1) is 5.60 Å². The molecule has 0 unspecified atom stereocenters. The molecule has 1 aliphatic rings. The summed E-state index contributed by atoms with van der Waals surface area (Å²) in [4.78, 5) is 4.09. The maximum atomic E-state index is 10.3. The number of rotatable bonds is 2. The SMILES string of the molecule is OC1(Cc2cncc(Br)c2)CCOCC1. The maximum absolute atomic E-state index is 10.3. The van der Waals surface area contributed by atoms with E-state index in [-0.39, 0.29) is 0 Å². The zero-order valence-electron chi connectivity index (χ0n) is 8.45. The lowest BCUT2D eigenvalue weighted by atomic mass is 9.88. The quantitative estimate of drug-likeness (QED) is 0.894. The van der Waals surface area contributed by atoms with Crippen LogP contribution in [0.4, 0.5) is 0 Å². The molecule has 0 aliphatic carbocycles. The zero-order valence-corrected chi connectivity index (χ0v) is 10.0. The normalized spacial score (nSPS) is 20.1. The largest absolute Gasteiger partial charge is 0.389 e. The van der Waals surface area contributed by atoms with Crippen molar-refractivity contribution < 1.29 is 9.84 Å². The van der Waals surface area contributed by atoms with E-state index in [4.69, 9.17) is 4.74 Å². The number of hydrogen-bond donors (Lipinski definition) is 1. The number of ether oxygens (including phenoxy) is 1. The first kappa shape index (κ1) is 11.0. The first-order chi connectivity index (χ1) is 7.18. The van der Waals surface area contributed by atoms with E-state index in [2.05, 4.69) is 20.9 Å². The molecule has 0 saturated carbocycles. The molecule has 0 atom stereocenters. The first-order valence-corrected chi connectivity index (χ1v) is 5.87. The molecule has 3 nitrogen and oxygen atoms in total. The Morgan fingerprint density at radius 1 is 1.40 bits per heavy atom. The van der Waals surface area contributed by atoms with Crippen molar-refractivity contribution in [3.05, 3.63) is 28.5 Å². The molecule has 2 heterocycles. The van der Waals surface area contributed by atoms with Gasteiger partial charge < -0.3 is 9.84 Å². The average molecular weight is 272 g/mol. The molecule has 82 valence electrons. The minimum absolute atomic E-state index is 0.610. The van der Waals surface area contributed by atoms with E-state index in [9.17, 15) is 5.11 Å². The number of aliphatic hydroxyl groups is 1. The average Bonchev–Trinajstić information content (AvgIpc) is 2.18. The summed E-state index contributed by atoms with van der Waals surface area (Å²) in [7, 11) is 0. The van der Waals surface area contributed by atoms with Crippen molar-refractivity contribution in [3.8, 4) is 0 Å². The molecular weight excluding hydrogens is 258 g/mol. The van der Waals surface area contributed by atoms with Crippen LogP contribution in [0.2, 0.25) is 0 Å². The Labute approximate surface area is 97.6 Å². The molecule has 1 fully saturated rings. The van der Waals surface area contributed by atoms with E-state index in [1.165, 1.54) is 0 Å². The molecule has 0 aromatic carbocycles. The van der Waals surface area contributed by atoms with Crippen LogP contribution < -0.4 is 0 Å². The molecular formula is C11H14BrNO2. The summed E-state index contributed by atoms with van der Waals surface area (Å²) in [6.07, 6.45) is 5.62. The van der Waals surface area contributed by atoms with Gasteiger partial charge in [0.15, 0.2) is 0 Å². The standard InChI is InChI=1S/C11H14BrNO2/c12-10-5-9(7-13-8-10)6-11(14)1-3-15-4-2-11/h5,7-8,14H,1-4,6H2. The van der Waals surface area contributed by atoms with Crippen molar-refractivity contribution in [1.82, 2.24) is 4.98 Å². The maximum Gasteiger partial charge on any atom is 0.0732 e. The van der Waals surface area contributed by atoms with Gasteiger partial charge in [-0.1, -0.05) is 0 Å². The third kappa shape index (κ3) is 3.00. The van der Waals surface area contributed by atoms with Gasteiger partial charge in [0.25, 0.3) is 0 Å². The molecule has 1 aromatic heterocycles. The lowest BCUT2D eigenvalue weighted by Crippen LogP contribution is -2.38. The molecule has 0 amide bonds. The summed E-state index contributed by atoms with van der Waals surface area (Å²) in [6, 6.07) is 2.00. The monoisotopic (exact) mass is 271 g/mol. The number of pyridine rings is 1. The lowest BCUT2D eigenvalue weighted by Gasteiger charge is -2.32. The van der Waals surface area contributed by atoms with Crippen molar-refractivity contribution in [2.75, 3.05) is 13.2 Å². The van der Waals surface area contributed by atoms with Crippen LogP contribution in [0.3, 0.4) is 0 Å². The summed E-state index contributed by atoms with van der Waals surface area (Å²) < 4.78 is 6.20. The molecule has 15 heavy (non-hydrogen) atoms.